The smallest absolute Gasteiger partial charge is 0.227 e. The van der Waals surface area contributed by atoms with E-state index in [4.69, 9.17) is 0 Å². The number of anilines is 1. The van der Waals surface area contributed by atoms with Crippen molar-refractivity contribution >= 4 is 28.4 Å². The highest BCUT2D eigenvalue weighted by atomic mass is 16.2. The summed E-state index contributed by atoms with van der Waals surface area (Å²) in [6.07, 6.45) is 11.9. The number of aromatic nitrogens is 4. The third-order valence-electron chi connectivity index (χ3n) is 6.24. The molecule has 0 spiro atoms. The second kappa shape index (κ2) is 11.5. The molecule has 35 heavy (non-hydrogen) atoms. The lowest BCUT2D eigenvalue weighted by Gasteiger charge is -2.14. The molecule has 0 atom stereocenters. The lowest BCUT2D eigenvalue weighted by molar-refractivity contribution is -0.120. The average Bonchev–Trinajstić information content (AvgIpc) is 3.09. The SMILES string of the molecule is CC(=O)c1ccncc1.Cc1cc2nc(-c3ccc(NC(=O)C4CCCCCC4)cc3)[nH]c2cn1. The van der Waals surface area contributed by atoms with Gasteiger partial charge in [-0.05, 0) is 69.2 Å². The maximum atomic E-state index is 12.5. The van der Waals surface area contributed by atoms with Gasteiger partial charge in [-0.1, -0.05) is 25.7 Å². The predicted octanol–water partition coefficient (Wildman–Crippen LogP) is 6.13. The predicted molar refractivity (Wildman–Crippen MR) is 138 cm³/mol. The van der Waals surface area contributed by atoms with Crippen molar-refractivity contribution < 1.29 is 9.59 Å². The summed E-state index contributed by atoms with van der Waals surface area (Å²) in [5.41, 5.74) is 5.34. The van der Waals surface area contributed by atoms with Crippen molar-refractivity contribution in [3.8, 4) is 11.4 Å². The lowest BCUT2D eigenvalue weighted by Crippen LogP contribution is -2.22. The van der Waals surface area contributed by atoms with Crippen molar-refractivity contribution in [2.75, 3.05) is 5.32 Å². The number of hydrogen-bond donors (Lipinski definition) is 2. The Balaban J connectivity index is 0.000000271. The fourth-order valence-corrected chi connectivity index (χ4v) is 4.23. The Bertz CT molecular complexity index is 1270. The molecular weight excluding hydrogens is 438 g/mol. The average molecular weight is 470 g/mol. The van der Waals surface area contributed by atoms with Gasteiger partial charge in [0, 0.05) is 40.8 Å². The molecule has 1 aromatic carbocycles. The van der Waals surface area contributed by atoms with Gasteiger partial charge in [0.15, 0.2) is 5.78 Å². The lowest BCUT2D eigenvalue weighted by atomic mass is 9.99. The maximum absolute atomic E-state index is 12.5. The van der Waals surface area contributed by atoms with E-state index in [0.717, 1.165) is 59.5 Å². The van der Waals surface area contributed by atoms with Crippen LogP contribution in [0.1, 0.15) is 61.5 Å². The first-order valence-electron chi connectivity index (χ1n) is 12.1. The molecule has 2 N–H and O–H groups in total. The first-order valence-corrected chi connectivity index (χ1v) is 12.1. The van der Waals surface area contributed by atoms with Crippen molar-refractivity contribution in [1.82, 2.24) is 19.9 Å². The topological polar surface area (TPSA) is 101 Å². The number of fused-ring (bicyclic) bond motifs is 1. The van der Waals surface area contributed by atoms with Crippen molar-refractivity contribution in [2.24, 2.45) is 5.92 Å². The van der Waals surface area contributed by atoms with Gasteiger partial charge < -0.3 is 10.3 Å². The summed E-state index contributed by atoms with van der Waals surface area (Å²) in [5, 5.41) is 3.07. The normalized spacial score (nSPS) is 14.0. The van der Waals surface area contributed by atoms with Gasteiger partial charge in [0.25, 0.3) is 0 Å². The Labute approximate surface area is 205 Å². The number of amides is 1. The molecule has 1 amide bonds. The van der Waals surface area contributed by atoms with Crippen LogP contribution >= 0.6 is 0 Å². The molecule has 7 heteroatoms. The van der Waals surface area contributed by atoms with E-state index in [1.165, 1.54) is 19.8 Å². The molecule has 3 aromatic heterocycles. The highest BCUT2D eigenvalue weighted by Crippen LogP contribution is 2.25. The van der Waals surface area contributed by atoms with Crippen LogP contribution < -0.4 is 5.32 Å². The Morgan fingerprint density at radius 1 is 0.971 bits per heavy atom. The number of carbonyl (C=O) groups excluding carboxylic acids is 2. The number of aryl methyl sites for hydroxylation is 1. The number of H-pyrrole nitrogens is 1. The number of ketones is 1. The van der Waals surface area contributed by atoms with Crippen LogP contribution in [-0.4, -0.2) is 31.6 Å². The van der Waals surface area contributed by atoms with Crippen LogP contribution in [0.4, 0.5) is 5.69 Å². The molecule has 0 bridgehead atoms. The number of aromatic amines is 1. The van der Waals surface area contributed by atoms with Crippen LogP contribution in [-0.2, 0) is 4.79 Å². The number of rotatable bonds is 4. The molecular formula is C28H31N5O2. The third kappa shape index (κ3) is 6.59. The van der Waals surface area contributed by atoms with E-state index < -0.39 is 0 Å². The summed E-state index contributed by atoms with van der Waals surface area (Å²) in [6, 6.07) is 13.2. The van der Waals surface area contributed by atoms with Gasteiger partial charge in [-0.2, -0.15) is 0 Å². The molecule has 1 aliphatic rings. The molecule has 0 saturated heterocycles. The quantitative estimate of drug-likeness (QED) is 0.277. The van der Waals surface area contributed by atoms with E-state index in [2.05, 4.69) is 25.3 Å². The van der Waals surface area contributed by atoms with Crippen LogP contribution in [0, 0.1) is 12.8 Å². The van der Waals surface area contributed by atoms with Crippen molar-refractivity contribution in [3.05, 3.63) is 72.3 Å². The van der Waals surface area contributed by atoms with Gasteiger partial charge in [-0.15, -0.1) is 0 Å². The van der Waals surface area contributed by atoms with Crippen LogP contribution in [0.25, 0.3) is 22.4 Å². The Kier molecular flexibility index (Phi) is 7.98. The number of nitrogens with zero attached hydrogens (tertiary/aromatic N) is 3. The molecule has 5 rings (SSSR count). The molecule has 0 aliphatic heterocycles. The van der Waals surface area contributed by atoms with Crippen molar-refractivity contribution in [1.29, 1.82) is 0 Å². The minimum atomic E-state index is 0.0809. The monoisotopic (exact) mass is 469 g/mol. The standard InChI is InChI=1S/C21H24N4O.C7H7NO/c1-14-12-18-19(13-22-14)25-20(24-18)15-8-10-17(11-9-15)23-21(26)16-6-4-2-3-5-7-16;1-6(9)7-2-4-8-5-3-7/h8-13,16H,2-7H2,1H3,(H,23,26)(H,24,25);2-5H,1H3. The van der Waals surface area contributed by atoms with E-state index in [0.29, 0.717) is 5.56 Å². The fourth-order valence-electron chi connectivity index (χ4n) is 4.23. The molecule has 3 heterocycles. The van der Waals surface area contributed by atoms with Gasteiger partial charge in [0.05, 0.1) is 17.2 Å². The molecule has 1 fully saturated rings. The summed E-state index contributed by atoms with van der Waals surface area (Å²) in [4.78, 5) is 39.1. The number of carbonyl (C=O) groups is 2. The molecule has 180 valence electrons. The second-order valence-electron chi connectivity index (χ2n) is 8.98. The number of benzene rings is 1. The zero-order chi connectivity index (χ0) is 24.6. The second-order valence-corrected chi connectivity index (χ2v) is 8.98. The van der Waals surface area contributed by atoms with E-state index >= 15 is 0 Å². The highest BCUT2D eigenvalue weighted by Gasteiger charge is 2.20. The first kappa shape index (κ1) is 24.3. The molecule has 7 nitrogen and oxygen atoms in total. The summed E-state index contributed by atoms with van der Waals surface area (Å²) < 4.78 is 0. The number of pyridine rings is 2. The number of nitrogens with one attached hydrogen (secondary N) is 2. The summed E-state index contributed by atoms with van der Waals surface area (Å²) in [6.45, 7) is 3.49. The fraction of sp³-hybridized carbons (Fsp3) is 0.321. The van der Waals surface area contributed by atoms with Gasteiger partial charge >= 0.3 is 0 Å². The van der Waals surface area contributed by atoms with E-state index in [9.17, 15) is 9.59 Å². The van der Waals surface area contributed by atoms with Gasteiger partial charge in [0.1, 0.15) is 5.82 Å². The van der Waals surface area contributed by atoms with Crippen LogP contribution in [0.15, 0.2) is 61.1 Å². The number of Topliss-reactive ketones (excluding diaryl/α,β-unsaturated/α-hetero) is 1. The van der Waals surface area contributed by atoms with Crippen LogP contribution in [0.3, 0.4) is 0 Å². The summed E-state index contributed by atoms with van der Waals surface area (Å²) >= 11 is 0. The Morgan fingerprint density at radius 2 is 1.66 bits per heavy atom. The van der Waals surface area contributed by atoms with E-state index in [1.807, 2.05) is 43.5 Å². The summed E-state index contributed by atoms with van der Waals surface area (Å²) in [7, 11) is 0. The van der Waals surface area contributed by atoms with Gasteiger partial charge in [0.2, 0.25) is 5.91 Å². The molecule has 1 aliphatic carbocycles. The van der Waals surface area contributed by atoms with Gasteiger partial charge in [-0.3, -0.25) is 19.6 Å². The largest absolute Gasteiger partial charge is 0.337 e. The first-order chi connectivity index (χ1) is 17.0. The van der Waals surface area contributed by atoms with Crippen molar-refractivity contribution in [2.45, 2.75) is 52.4 Å². The van der Waals surface area contributed by atoms with Crippen LogP contribution in [0.2, 0.25) is 0 Å². The van der Waals surface area contributed by atoms with Crippen LogP contribution in [0.5, 0.6) is 0 Å². The molecule has 0 unspecified atom stereocenters. The minimum Gasteiger partial charge on any atom is -0.337 e. The zero-order valence-electron chi connectivity index (χ0n) is 20.3. The number of imidazole rings is 1. The van der Waals surface area contributed by atoms with Crippen molar-refractivity contribution in [3.63, 3.8) is 0 Å². The molecule has 1 saturated carbocycles. The Morgan fingerprint density at radius 3 is 2.29 bits per heavy atom. The third-order valence-corrected chi connectivity index (χ3v) is 6.24. The van der Waals surface area contributed by atoms with E-state index in [1.54, 1.807) is 24.5 Å². The van der Waals surface area contributed by atoms with E-state index in [-0.39, 0.29) is 17.6 Å². The van der Waals surface area contributed by atoms with Gasteiger partial charge in [-0.25, -0.2) is 4.98 Å². The number of hydrogen-bond acceptors (Lipinski definition) is 5. The summed E-state index contributed by atoms with van der Waals surface area (Å²) in [5.74, 6) is 1.21. The minimum absolute atomic E-state index is 0.0809. The molecule has 4 aromatic rings. The highest BCUT2D eigenvalue weighted by molar-refractivity contribution is 5.94. The molecule has 0 radical (unpaired) electrons. The zero-order valence-corrected chi connectivity index (χ0v) is 20.3. The Hall–Kier alpha value is -3.87. The maximum Gasteiger partial charge on any atom is 0.227 e.